The van der Waals surface area contributed by atoms with Gasteiger partial charge in [0.25, 0.3) is 5.91 Å². The number of imidazole rings is 1. The lowest BCUT2D eigenvalue weighted by molar-refractivity contribution is -0.126. The largest absolute Gasteiger partial charge is 0.494 e. The number of hydrogen-bond acceptors (Lipinski definition) is 6. The molecule has 240 valence electrons. The van der Waals surface area contributed by atoms with Crippen LogP contribution in [0.15, 0.2) is 30.3 Å². The number of hydrogen-bond donors (Lipinski definition) is 2. The minimum Gasteiger partial charge on any atom is -0.494 e. The molecule has 10 nitrogen and oxygen atoms in total. The molecule has 5 heterocycles. The summed E-state index contributed by atoms with van der Waals surface area (Å²) >= 11 is 0. The van der Waals surface area contributed by atoms with Crippen LogP contribution in [0.1, 0.15) is 88.2 Å². The number of fused-ring (bicyclic) bond motifs is 4. The van der Waals surface area contributed by atoms with Gasteiger partial charge in [-0.15, -0.1) is 0 Å². The fourth-order valence-corrected chi connectivity index (χ4v) is 7.41. The number of amides is 2. The van der Waals surface area contributed by atoms with Crippen LogP contribution in [-0.4, -0.2) is 61.1 Å². The van der Waals surface area contributed by atoms with Crippen molar-refractivity contribution in [1.82, 2.24) is 24.0 Å². The lowest BCUT2D eigenvalue weighted by atomic mass is 9.86. The average molecular weight is 614 g/mol. The molecule has 2 amide bonds. The van der Waals surface area contributed by atoms with E-state index in [4.69, 9.17) is 26.2 Å². The molecule has 0 radical (unpaired) electrons. The molecule has 3 atom stereocenters. The highest BCUT2D eigenvalue weighted by Crippen LogP contribution is 2.40. The van der Waals surface area contributed by atoms with E-state index >= 15 is 0 Å². The molecule has 2 aliphatic rings. The number of carbonyl (C=O) groups is 2. The second kappa shape index (κ2) is 12.1. The molecule has 2 bridgehead atoms. The molecule has 2 aliphatic heterocycles. The number of methoxy groups -OCH3 is 1. The number of benzene rings is 1. The van der Waals surface area contributed by atoms with E-state index in [0.717, 1.165) is 104 Å². The Hall–Kier alpha value is -3.92. The first kappa shape index (κ1) is 31.1. The van der Waals surface area contributed by atoms with Gasteiger partial charge in [0.05, 0.1) is 18.3 Å². The maximum atomic E-state index is 13.8. The lowest BCUT2D eigenvalue weighted by Crippen LogP contribution is -2.40. The van der Waals surface area contributed by atoms with Crippen LogP contribution in [-0.2, 0) is 24.8 Å². The topological polar surface area (TPSA) is 134 Å². The van der Waals surface area contributed by atoms with Gasteiger partial charge in [-0.1, -0.05) is 40.0 Å². The van der Waals surface area contributed by atoms with Gasteiger partial charge in [-0.25, -0.2) is 9.97 Å². The van der Waals surface area contributed by atoms with Crippen molar-refractivity contribution in [3.05, 3.63) is 41.6 Å². The number of rotatable bonds is 12. The average Bonchev–Trinajstić information content (AvgIpc) is 3.77. The molecule has 4 N–H and O–H groups in total. The van der Waals surface area contributed by atoms with Crippen molar-refractivity contribution in [3.63, 3.8) is 0 Å². The molecule has 3 unspecified atom stereocenters. The Morgan fingerprint density at radius 3 is 2.51 bits per heavy atom. The Kier molecular flexibility index (Phi) is 8.37. The van der Waals surface area contributed by atoms with Crippen molar-refractivity contribution < 1.29 is 14.3 Å². The number of nitrogens with two attached hydrogens (primary N) is 2. The third-order valence-electron chi connectivity index (χ3n) is 10.2. The van der Waals surface area contributed by atoms with Crippen LogP contribution in [0.25, 0.3) is 33.6 Å². The number of primary amides is 1. The quantitative estimate of drug-likeness (QED) is 0.208. The predicted octanol–water partition coefficient (Wildman–Crippen LogP) is 5.33. The molecule has 45 heavy (non-hydrogen) atoms. The molecule has 2 fully saturated rings. The first-order chi connectivity index (χ1) is 21.5. The number of aryl methyl sites for hydroxylation is 3. The molecular weight excluding hydrogens is 566 g/mol. The van der Waals surface area contributed by atoms with Crippen LogP contribution in [0.4, 0.5) is 0 Å². The van der Waals surface area contributed by atoms with Crippen LogP contribution < -0.4 is 16.2 Å². The minimum absolute atomic E-state index is 0.00692. The Balaban J connectivity index is 1.32. The van der Waals surface area contributed by atoms with E-state index in [1.807, 2.05) is 37.9 Å². The van der Waals surface area contributed by atoms with Crippen LogP contribution >= 0.6 is 0 Å². The Morgan fingerprint density at radius 1 is 1.07 bits per heavy atom. The molecule has 4 aromatic rings. The number of unbranched alkanes of at least 4 members (excludes halogenated alkanes) is 3. The fraction of sp³-hybridized carbons (Fsp3) is 0.543. The Labute approximate surface area is 265 Å². The summed E-state index contributed by atoms with van der Waals surface area (Å²) in [5.74, 6) is 1.19. The second-order valence-corrected chi connectivity index (χ2v) is 13.6. The lowest BCUT2D eigenvalue weighted by Gasteiger charge is -2.23. The summed E-state index contributed by atoms with van der Waals surface area (Å²) in [5, 5.41) is 1.07. The van der Waals surface area contributed by atoms with Gasteiger partial charge in [-0.3, -0.25) is 9.59 Å². The first-order valence-corrected chi connectivity index (χ1v) is 16.5. The van der Waals surface area contributed by atoms with Gasteiger partial charge < -0.3 is 30.2 Å². The van der Waals surface area contributed by atoms with Gasteiger partial charge >= 0.3 is 0 Å². The van der Waals surface area contributed by atoms with Crippen molar-refractivity contribution in [2.75, 3.05) is 7.11 Å². The molecule has 10 heteroatoms. The zero-order valence-electron chi connectivity index (χ0n) is 27.3. The molecule has 1 aromatic carbocycles. The molecule has 6 rings (SSSR count). The summed E-state index contributed by atoms with van der Waals surface area (Å²) in [5.41, 5.74) is 16.6. The van der Waals surface area contributed by atoms with Crippen LogP contribution in [0, 0.1) is 5.41 Å². The standard InChI is InChI=1S/C35H47N7O3/c1-6-23-12-11-21-18-28(41(31(21)38-23)16-10-8-7-9-15-35(2,3)34(37)44)32-39-26-17-22(19-29(45-5)30(26)40(32)4)33(43)42-24-13-14-27(42)25(36)20-24/h11-12,17-19,24-25,27H,6-10,13-16,20,36H2,1-5H3,(H2,37,44). The number of aromatic nitrogens is 4. The van der Waals surface area contributed by atoms with Crippen molar-refractivity contribution >= 4 is 33.9 Å². The Morgan fingerprint density at radius 2 is 1.84 bits per heavy atom. The van der Waals surface area contributed by atoms with Gasteiger partial charge in [0, 0.05) is 53.8 Å². The van der Waals surface area contributed by atoms with E-state index in [1.165, 1.54) is 0 Å². The highest BCUT2D eigenvalue weighted by atomic mass is 16.5. The molecule has 3 aromatic heterocycles. The zero-order valence-corrected chi connectivity index (χ0v) is 27.3. The maximum Gasteiger partial charge on any atom is 0.254 e. The van der Waals surface area contributed by atoms with Gasteiger partial charge in [-0.05, 0) is 68.9 Å². The highest BCUT2D eigenvalue weighted by molar-refractivity contribution is 6.00. The second-order valence-electron chi connectivity index (χ2n) is 13.6. The van der Waals surface area contributed by atoms with E-state index in [9.17, 15) is 9.59 Å². The van der Waals surface area contributed by atoms with Crippen LogP contribution in [0.3, 0.4) is 0 Å². The number of pyridine rings is 1. The number of nitrogens with zero attached hydrogens (tertiary/aromatic N) is 5. The summed E-state index contributed by atoms with van der Waals surface area (Å²) in [6.45, 7) is 6.75. The molecule has 0 spiro atoms. The van der Waals surface area contributed by atoms with E-state index in [1.54, 1.807) is 7.11 Å². The van der Waals surface area contributed by atoms with Crippen molar-refractivity contribution in [2.24, 2.45) is 23.9 Å². The van der Waals surface area contributed by atoms with Gasteiger partial charge in [0.2, 0.25) is 5.91 Å². The van der Waals surface area contributed by atoms with Gasteiger partial charge in [0.15, 0.2) is 5.82 Å². The summed E-state index contributed by atoms with van der Waals surface area (Å²) in [4.78, 5) is 37.6. The molecule has 0 saturated carbocycles. The van der Waals surface area contributed by atoms with Gasteiger partial charge in [-0.2, -0.15) is 0 Å². The first-order valence-electron chi connectivity index (χ1n) is 16.5. The highest BCUT2D eigenvalue weighted by Gasteiger charge is 2.47. The summed E-state index contributed by atoms with van der Waals surface area (Å²) < 4.78 is 10.2. The van der Waals surface area contributed by atoms with E-state index in [2.05, 4.69) is 34.3 Å². The van der Waals surface area contributed by atoms with Crippen molar-refractivity contribution in [2.45, 2.75) is 103 Å². The molecule has 2 saturated heterocycles. The summed E-state index contributed by atoms with van der Waals surface area (Å²) in [6, 6.07) is 10.5. The molecule has 0 aliphatic carbocycles. The predicted molar refractivity (Wildman–Crippen MR) is 177 cm³/mol. The fourth-order valence-electron chi connectivity index (χ4n) is 7.41. The van der Waals surface area contributed by atoms with Gasteiger partial charge in [0.1, 0.15) is 16.9 Å². The van der Waals surface area contributed by atoms with Crippen LogP contribution in [0.5, 0.6) is 5.75 Å². The maximum absolute atomic E-state index is 13.8. The summed E-state index contributed by atoms with van der Waals surface area (Å²) in [6.07, 6.45) is 8.49. The number of carbonyl (C=O) groups excluding carboxylic acids is 2. The SMILES string of the molecule is CCc1ccc2cc(-c3nc4cc(C(=O)N5C6CCC5C(N)C6)cc(OC)c4n3C)n(CCCCCCC(C)(C)C(N)=O)c2n1. The number of ether oxygens (including phenoxy) is 1. The van der Waals surface area contributed by atoms with E-state index in [0.29, 0.717) is 11.3 Å². The Bertz CT molecular complexity index is 1750. The van der Waals surface area contributed by atoms with Crippen molar-refractivity contribution in [1.29, 1.82) is 0 Å². The third-order valence-corrected chi connectivity index (χ3v) is 10.2. The monoisotopic (exact) mass is 613 g/mol. The molecular formula is C35H47N7O3. The van der Waals surface area contributed by atoms with Crippen molar-refractivity contribution in [3.8, 4) is 17.3 Å². The van der Waals surface area contributed by atoms with E-state index < -0.39 is 5.41 Å². The smallest absolute Gasteiger partial charge is 0.254 e. The normalized spacial score (nSPS) is 19.7. The third kappa shape index (κ3) is 5.58. The minimum atomic E-state index is -0.475. The van der Waals surface area contributed by atoms with E-state index in [-0.39, 0.29) is 29.9 Å². The summed E-state index contributed by atoms with van der Waals surface area (Å²) in [7, 11) is 3.64. The zero-order chi connectivity index (χ0) is 32.0. The van der Waals surface area contributed by atoms with Crippen LogP contribution in [0.2, 0.25) is 0 Å².